The van der Waals surface area contributed by atoms with Crippen molar-refractivity contribution in [3.8, 4) is 0 Å². The highest BCUT2D eigenvalue weighted by Gasteiger charge is 2.29. The Balaban J connectivity index is 1.64. The van der Waals surface area contributed by atoms with Crippen molar-refractivity contribution in [3.63, 3.8) is 0 Å². The number of non-ortho nitro benzene ring substituents is 1. The molecule has 3 rings (SSSR count). The zero-order valence-corrected chi connectivity index (χ0v) is 14.1. The molecule has 7 nitrogen and oxygen atoms in total. The number of hydrogen-bond donors (Lipinski definition) is 1. The Hall–Kier alpha value is -3.22. The molecule has 2 amide bonds. The highest BCUT2D eigenvalue weighted by Crippen LogP contribution is 2.21. The van der Waals surface area contributed by atoms with Crippen molar-refractivity contribution in [1.29, 1.82) is 0 Å². The van der Waals surface area contributed by atoms with E-state index in [1.807, 2.05) is 30.3 Å². The first kappa shape index (κ1) is 17.6. The smallest absolute Gasteiger partial charge is 0.269 e. The van der Waals surface area contributed by atoms with Gasteiger partial charge in [-0.3, -0.25) is 19.7 Å². The lowest BCUT2D eigenvalue weighted by atomic mass is 9.96. The number of carbonyl (C=O) groups excluding carboxylic acids is 2. The van der Waals surface area contributed by atoms with Crippen molar-refractivity contribution in [2.45, 2.75) is 12.8 Å². The van der Waals surface area contributed by atoms with Gasteiger partial charge in [0.1, 0.15) is 0 Å². The maximum atomic E-state index is 12.6. The summed E-state index contributed by atoms with van der Waals surface area (Å²) in [6, 6.07) is 14.7. The Morgan fingerprint density at radius 1 is 1.08 bits per heavy atom. The predicted molar refractivity (Wildman–Crippen MR) is 96.8 cm³/mol. The molecular weight excluding hydrogens is 334 g/mol. The SMILES string of the molecule is O=C(Nc1ccccc1)C1CCCN(C(=O)c2ccc([N+](=O)[O-])cc2)C1. The van der Waals surface area contributed by atoms with Gasteiger partial charge in [-0.05, 0) is 37.1 Å². The van der Waals surface area contributed by atoms with Gasteiger partial charge in [-0.2, -0.15) is 0 Å². The standard InChI is InChI=1S/C19H19N3O4/c23-18(20-16-6-2-1-3-7-16)15-5-4-12-21(13-15)19(24)14-8-10-17(11-9-14)22(25)26/h1-3,6-11,15H,4-5,12-13H2,(H,20,23). The van der Waals surface area contributed by atoms with E-state index < -0.39 is 4.92 Å². The molecule has 1 unspecified atom stereocenters. The van der Waals surface area contributed by atoms with Crippen LogP contribution in [-0.4, -0.2) is 34.7 Å². The second kappa shape index (κ2) is 7.77. The summed E-state index contributed by atoms with van der Waals surface area (Å²) in [5.41, 5.74) is 1.07. The topological polar surface area (TPSA) is 92.6 Å². The van der Waals surface area contributed by atoms with E-state index in [4.69, 9.17) is 0 Å². The Labute approximate surface area is 150 Å². The molecule has 0 spiro atoms. The molecule has 0 saturated carbocycles. The van der Waals surface area contributed by atoms with Gasteiger partial charge < -0.3 is 10.2 Å². The number of rotatable bonds is 4. The van der Waals surface area contributed by atoms with Crippen LogP contribution in [0.25, 0.3) is 0 Å². The summed E-state index contributed by atoms with van der Waals surface area (Å²) < 4.78 is 0. The van der Waals surface area contributed by atoms with Gasteiger partial charge in [0.25, 0.3) is 11.6 Å². The molecule has 2 aromatic carbocycles. The molecule has 1 aliphatic heterocycles. The zero-order chi connectivity index (χ0) is 18.5. The monoisotopic (exact) mass is 353 g/mol. The molecule has 1 fully saturated rings. The molecule has 7 heteroatoms. The average molecular weight is 353 g/mol. The molecular formula is C19H19N3O4. The van der Waals surface area contributed by atoms with Gasteiger partial charge in [0.15, 0.2) is 0 Å². The van der Waals surface area contributed by atoms with Crippen LogP contribution in [-0.2, 0) is 4.79 Å². The van der Waals surface area contributed by atoms with E-state index in [0.717, 1.165) is 18.5 Å². The average Bonchev–Trinajstić information content (AvgIpc) is 2.68. The molecule has 1 atom stereocenters. The molecule has 134 valence electrons. The summed E-state index contributed by atoms with van der Waals surface area (Å²) in [5, 5.41) is 13.6. The van der Waals surface area contributed by atoms with Crippen LogP contribution in [0.1, 0.15) is 23.2 Å². The number of nitro groups is 1. The van der Waals surface area contributed by atoms with Gasteiger partial charge in [0.2, 0.25) is 5.91 Å². The number of hydrogen-bond acceptors (Lipinski definition) is 4. The second-order valence-corrected chi connectivity index (χ2v) is 6.25. The number of nitrogens with zero attached hydrogens (tertiary/aromatic N) is 2. The molecule has 0 aromatic heterocycles. The van der Waals surface area contributed by atoms with Gasteiger partial charge in [0.05, 0.1) is 10.8 Å². The lowest BCUT2D eigenvalue weighted by molar-refractivity contribution is -0.384. The molecule has 1 aliphatic rings. The van der Waals surface area contributed by atoms with Crippen molar-refractivity contribution in [1.82, 2.24) is 4.90 Å². The van der Waals surface area contributed by atoms with Gasteiger partial charge in [-0.15, -0.1) is 0 Å². The molecule has 1 heterocycles. The minimum atomic E-state index is -0.501. The number of benzene rings is 2. The second-order valence-electron chi connectivity index (χ2n) is 6.25. The van der Waals surface area contributed by atoms with Gasteiger partial charge in [-0.25, -0.2) is 0 Å². The highest BCUT2D eigenvalue weighted by molar-refractivity contribution is 5.96. The first-order chi connectivity index (χ1) is 12.5. The summed E-state index contributed by atoms with van der Waals surface area (Å²) in [4.78, 5) is 37.0. The summed E-state index contributed by atoms with van der Waals surface area (Å²) in [5.74, 6) is -0.583. The summed E-state index contributed by atoms with van der Waals surface area (Å²) in [6.45, 7) is 0.916. The molecule has 0 radical (unpaired) electrons. The van der Waals surface area contributed by atoms with Crippen LogP contribution in [0.15, 0.2) is 54.6 Å². The fourth-order valence-corrected chi connectivity index (χ4v) is 3.05. The number of nitrogens with one attached hydrogen (secondary N) is 1. The summed E-state index contributed by atoms with van der Waals surface area (Å²) in [6.07, 6.45) is 1.47. The Bertz CT molecular complexity index is 805. The van der Waals surface area contributed by atoms with E-state index in [1.54, 1.807) is 4.90 Å². The number of carbonyl (C=O) groups is 2. The predicted octanol–water partition coefficient (Wildman–Crippen LogP) is 3.09. The molecule has 0 bridgehead atoms. The first-order valence-corrected chi connectivity index (χ1v) is 8.44. The number of nitro benzene ring substituents is 1. The number of piperidine rings is 1. The Morgan fingerprint density at radius 3 is 2.42 bits per heavy atom. The quantitative estimate of drug-likeness (QED) is 0.675. The fourth-order valence-electron chi connectivity index (χ4n) is 3.05. The normalized spacial score (nSPS) is 16.8. The van der Waals surface area contributed by atoms with Crippen LogP contribution >= 0.6 is 0 Å². The summed E-state index contributed by atoms with van der Waals surface area (Å²) >= 11 is 0. The van der Waals surface area contributed by atoms with Crippen LogP contribution in [0.2, 0.25) is 0 Å². The van der Waals surface area contributed by atoms with E-state index in [9.17, 15) is 19.7 Å². The van der Waals surface area contributed by atoms with Gasteiger partial charge >= 0.3 is 0 Å². The summed E-state index contributed by atoms with van der Waals surface area (Å²) in [7, 11) is 0. The molecule has 1 saturated heterocycles. The number of likely N-dealkylation sites (tertiary alicyclic amines) is 1. The Kier molecular flexibility index (Phi) is 5.26. The van der Waals surface area contributed by atoms with Crippen molar-refractivity contribution in [2.24, 2.45) is 5.92 Å². The van der Waals surface area contributed by atoms with Crippen molar-refractivity contribution < 1.29 is 14.5 Å². The van der Waals surface area contributed by atoms with Gasteiger partial charge in [-0.1, -0.05) is 18.2 Å². The van der Waals surface area contributed by atoms with E-state index in [0.29, 0.717) is 18.7 Å². The molecule has 2 aromatic rings. The van der Waals surface area contributed by atoms with Crippen LogP contribution in [0.4, 0.5) is 11.4 Å². The number of para-hydroxylation sites is 1. The van der Waals surface area contributed by atoms with E-state index >= 15 is 0 Å². The minimum absolute atomic E-state index is 0.0553. The zero-order valence-electron chi connectivity index (χ0n) is 14.1. The molecule has 26 heavy (non-hydrogen) atoms. The lowest BCUT2D eigenvalue weighted by Crippen LogP contribution is -2.43. The van der Waals surface area contributed by atoms with Crippen molar-refractivity contribution in [3.05, 3.63) is 70.3 Å². The highest BCUT2D eigenvalue weighted by atomic mass is 16.6. The lowest BCUT2D eigenvalue weighted by Gasteiger charge is -2.32. The fraction of sp³-hybridized carbons (Fsp3) is 0.263. The Morgan fingerprint density at radius 2 is 1.77 bits per heavy atom. The number of amides is 2. The van der Waals surface area contributed by atoms with E-state index in [2.05, 4.69) is 5.32 Å². The minimum Gasteiger partial charge on any atom is -0.338 e. The maximum absolute atomic E-state index is 12.6. The third-order valence-electron chi connectivity index (χ3n) is 4.45. The van der Waals surface area contributed by atoms with Crippen LogP contribution in [0.5, 0.6) is 0 Å². The van der Waals surface area contributed by atoms with E-state index in [1.165, 1.54) is 24.3 Å². The van der Waals surface area contributed by atoms with Gasteiger partial charge in [0, 0.05) is 36.5 Å². The number of anilines is 1. The maximum Gasteiger partial charge on any atom is 0.269 e. The largest absolute Gasteiger partial charge is 0.338 e. The van der Waals surface area contributed by atoms with Crippen LogP contribution in [0.3, 0.4) is 0 Å². The first-order valence-electron chi connectivity index (χ1n) is 8.44. The van der Waals surface area contributed by atoms with Crippen LogP contribution < -0.4 is 5.32 Å². The van der Waals surface area contributed by atoms with E-state index in [-0.39, 0.29) is 23.4 Å². The van der Waals surface area contributed by atoms with Crippen molar-refractivity contribution in [2.75, 3.05) is 18.4 Å². The van der Waals surface area contributed by atoms with Crippen molar-refractivity contribution >= 4 is 23.2 Å². The van der Waals surface area contributed by atoms with Crippen LogP contribution in [0, 0.1) is 16.0 Å². The third kappa shape index (κ3) is 4.05. The molecule has 0 aliphatic carbocycles. The third-order valence-corrected chi connectivity index (χ3v) is 4.45. The molecule has 1 N–H and O–H groups in total.